The number of halogens is 1. The van der Waals surface area contributed by atoms with Gasteiger partial charge in [0.1, 0.15) is 0 Å². The Kier molecular flexibility index (Phi) is 3.22. The minimum absolute atomic E-state index is 0.162. The molecule has 2 heterocycles. The molecule has 0 atom stereocenters. The number of aryl methyl sites for hydroxylation is 2. The van der Waals surface area contributed by atoms with E-state index < -0.39 is 0 Å². The first-order valence-electron chi connectivity index (χ1n) is 7.00. The van der Waals surface area contributed by atoms with Crippen LogP contribution in [0.3, 0.4) is 0 Å². The number of rotatable bonds is 3. The zero-order valence-corrected chi connectivity index (χ0v) is 13.3. The van der Waals surface area contributed by atoms with Crippen molar-refractivity contribution in [2.75, 3.05) is 6.54 Å². The minimum Gasteiger partial charge on any atom is -0.347 e. The summed E-state index contributed by atoms with van der Waals surface area (Å²) < 4.78 is 3.63. The van der Waals surface area contributed by atoms with E-state index in [1.54, 1.807) is 0 Å². The van der Waals surface area contributed by atoms with Crippen molar-refractivity contribution in [2.24, 2.45) is 11.1 Å². The highest BCUT2D eigenvalue weighted by molar-refractivity contribution is 9.10. The monoisotopic (exact) mass is 320 g/mol. The number of benzene rings is 1. The fourth-order valence-electron chi connectivity index (χ4n) is 3.10. The second-order valence-corrected chi connectivity index (χ2v) is 7.37. The third kappa shape index (κ3) is 2.34. The van der Waals surface area contributed by atoms with Crippen molar-refractivity contribution in [3.05, 3.63) is 33.9 Å². The maximum absolute atomic E-state index is 5.89. The maximum atomic E-state index is 5.89. The van der Waals surface area contributed by atoms with Gasteiger partial charge in [-0.25, -0.2) is 0 Å². The Morgan fingerprint density at radius 2 is 2.16 bits per heavy atom. The van der Waals surface area contributed by atoms with E-state index in [-0.39, 0.29) is 5.41 Å². The predicted octanol–water partition coefficient (Wildman–Crippen LogP) is 3.88. The predicted molar refractivity (Wildman–Crippen MR) is 84.5 cm³/mol. The van der Waals surface area contributed by atoms with Crippen LogP contribution in [-0.2, 0) is 19.4 Å². The molecule has 1 aromatic heterocycles. The second kappa shape index (κ2) is 4.64. The Morgan fingerprint density at radius 1 is 1.37 bits per heavy atom. The van der Waals surface area contributed by atoms with Crippen LogP contribution in [0, 0.1) is 5.41 Å². The van der Waals surface area contributed by atoms with Crippen molar-refractivity contribution < 1.29 is 0 Å². The lowest BCUT2D eigenvalue weighted by molar-refractivity contribution is 0.377. The molecule has 2 N–H and O–H groups in total. The van der Waals surface area contributed by atoms with Gasteiger partial charge in [0.2, 0.25) is 0 Å². The van der Waals surface area contributed by atoms with Crippen molar-refractivity contribution >= 4 is 26.8 Å². The van der Waals surface area contributed by atoms with Crippen LogP contribution < -0.4 is 5.73 Å². The van der Waals surface area contributed by atoms with Gasteiger partial charge in [0, 0.05) is 22.6 Å². The van der Waals surface area contributed by atoms with Crippen molar-refractivity contribution in [2.45, 2.75) is 39.7 Å². The van der Waals surface area contributed by atoms with Crippen molar-refractivity contribution in [3.8, 4) is 0 Å². The van der Waals surface area contributed by atoms with Crippen molar-refractivity contribution in [1.29, 1.82) is 0 Å². The lowest BCUT2D eigenvalue weighted by Crippen LogP contribution is -2.25. The summed E-state index contributed by atoms with van der Waals surface area (Å²) in [6, 6.07) is 4.54. The molecule has 102 valence electrons. The fraction of sp³-hybridized carbons (Fsp3) is 0.500. The molecule has 3 rings (SSSR count). The van der Waals surface area contributed by atoms with Crippen molar-refractivity contribution in [1.82, 2.24) is 4.57 Å². The standard InChI is InChI=1S/C16H21BrN2/c1-16(2,10-18)8-12-9-19-5-3-4-11-6-13(17)7-14(12)15(11)19/h6-7,9H,3-5,8,10,18H2,1-2H3. The molecule has 2 nitrogen and oxygen atoms in total. The molecule has 0 spiro atoms. The smallest absolute Gasteiger partial charge is 0.0516 e. The van der Waals surface area contributed by atoms with E-state index in [0.717, 1.165) is 19.5 Å². The summed E-state index contributed by atoms with van der Waals surface area (Å²) in [4.78, 5) is 0. The molecule has 0 fully saturated rings. The van der Waals surface area contributed by atoms with E-state index in [2.05, 4.69) is 52.7 Å². The number of hydrogen-bond donors (Lipinski definition) is 1. The van der Waals surface area contributed by atoms with Gasteiger partial charge in [-0.2, -0.15) is 0 Å². The molecule has 19 heavy (non-hydrogen) atoms. The largest absolute Gasteiger partial charge is 0.347 e. The van der Waals surface area contributed by atoms with Gasteiger partial charge in [-0.05, 0) is 54.5 Å². The summed E-state index contributed by atoms with van der Waals surface area (Å²) in [5.74, 6) is 0. The third-order valence-electron chi connectivity index (χ3n) is 4.17. The van der Waals surface area contributed by atoms with Crippen LogP contribution in [0.4, 0.5) is 0 Å². The van der Waals surface area contributed by atoms with E-state index >= 15 is 0 Å². The van der Waals surface area contributed by atoms with Crippen LogP contribution in [0.5, 0.6) is 0 Å². The van der Waals surface area contributed by atoms with Gasteiger partial charge in [0.15, 0.2) is 0 Å². The Morgan fingerprint density at radius 3 is 2.89 bits per heavy atom. The van der Waals surface area contributed by atoms with Gasteiger partial charge in [-0.15, -0.1) is 0 Å². The highest BCUT2D eigenvalue weighted by atomic mass is 79.9. The minimum atomic E-state index is 0.162. The Bertz CT molecular complexity index is 625. The van der Waals surface area contributed by atoms with Crippen LogP contribution in [0.1, 0.15) is 31.4 Å². The Balaban J connectivity index is 2.17. The first-order chi connectivity index (χ1) is 9.00. The normalized spacial score (nSPS) is 15.2. The highest BCUT2D eigenvalue weighted by Crippen LogP contribution is 2.35. The Hall–Kier alpha value is -0.800. The summed E-state index contributed by atoms with van der Waals surface area (Å²) in [5.41, 5.74) is 10.4. The van der Waals surface area contributed by atoms with E-state index in [9.17, 15) is 0 Å². The summed E-state index contributed by atoms with van der Waals surface area (Å²) in [5, 5.41) is 1.41. The van der Waals surface area contributed by atoms with Crippen LogP contribution in [0.15, 0.2) is 22.8 Å². The van der Waals surface area contributed by atoms with Crippen LogP contribution in [0.2, 0.25) is 0 Å². The molecular weight excluding hydrogens is 300 g/mol. The van der Waals surface area contributed by atoms with Gasteiger partial charge in [0.05, 0.1) is 5.52 Å². The number of nitrogens with zero attached hydrogens (tertiary/aromatic N) is 1. The molecule has 2 aromatic rings. The number of hydrogen-bond acceptors (Lipinski definition) is 1. The molecule has 1 aliphatic heterocycles. The average Bonchev–Trinajstić information content (AvgIpc) is 2.68. The SMILES string of the molecule is CC(C)(CN)Cc1cn2c3c(cc(Br)cc13)CCC2. The summed E-state index contributed by atoms with van der Waals surface area (Å²) >= 11 is 3.65. The first kappa shape index (κ1) is 13.2. The number of nitrogens with two attached hydrogens (primary N) is 1. The number of aromatic nitrogens is 1. The van der Waals surface area contributed by atoms with Gasteiger partial charge in [-0.3, -0.25) is 0 Å². The van der Waals surface area contributed by atoms with Gasteiger partial charge < -0.3 is 10.3 Å². The maximum Gasteiger partial charge on any atom is 0.0516 e. The van der Waals surface area contributed by atoms with E-state index in [1.165, 1.54) is 39.3 Å². The lowest BCUT2D eigenvalue weighted by Gasteiger charge is -2.21. The Labute approximate surface area is 123 Å². The quantitative estimate of drug-likeness (QED) is 0.914. The van der Waals surface area contributed by atoms with Gasteiger partial charge in [-0.1, -0.05) is 29.8 Å². The first-order valence-corrected chi connectivity index (χ1v) is 7.80. The second-order valence-electron chi connectivity index (χ2n) is 6.46. The molecular formula is C16H21BrN2. The molecule has 3 heteroatoms. The van der Waals surface area contributed by atoms with Crippen molar-refractivity contribution in [3.63, 3.8) is 0 Å². The van der Waals surface area contributed by atoms with E-state index in [4.69, 9.17) is 5.73 Å². The van der Waals surface area contributed by atoms with E-state index in [1.807, 2.05) is 0 Å². The lowest BCUT2D eigenvalue weighted by atomic mass is 9.86. The van der Waals surface area contributed by atoms with Gasteiger partial charge in [0.25, 0.3) is 0 Å². The van der Waals surface area contributed by atoms with Crippen LogP contribution >= 0.6 is 15.9 Å². The zero-order chi connectivity index (χ0) is 13.6. The molecule has 0 bridgehead atoms. The molecule has 0 radical (unpaired) electrons. The summed E-state index contributed by atoms with van der Waals surface area (Å²) in [6.07, 6.45) is 5.83. The molecule has 1 aliphatic rings. The molecule has 1 aromatic carbocycles. The third-order valence-corrected chi connectivity index (χ3v) is 4.62. The van der Waals surface area contributed by atoms with Gasteiger partial charge >= 0.3 is 0 Å². The molecule has 0 aliphatic carbocycles. The fourth-order valence-corrected chi connectivity index (χ4v) is 3.60. The highest BCUT2D eigenvalue weighted by Gasteiger charge is 2.22. The molecule has 0 unspecified atom stereocenters. The molecule has 0 saturated heterocycles. The van der Waals surface area contributed by atoms with E-state index in [0.29, 0.717) is 0 Å². The molecule has 0 saturated carbocycles. The topological polar surface area (TPSA) is 30.9 Å². The van der Waals surface area contributed by atoms with Crippen LogP contribution in [0.25, 0.3) is 10.9 Å². The van der Waals surface area contributed by atoms with Crippen LogP contribution in [-0.4, -0.2) is 11.1 Å². The average molecular weight is 321 g/mol. The molecule has 0 amide bonds. The summed E-state index contributed by atoms with van der Waals surface area (Å²) in [7, 11) is 0. The summed E-state index contributed by atoms with van der Waals surface area (Å²) in [6.45, 7) is 6.36. The zero-order valence-electron chi connectivity index (χ0n) is 11.7.